The molecule has 0 spiro atoms. The zero-order chi connectivity index (χ0) is 70.9. The first-order chi connectivity index (χ1) is 48.5. The van der Waals surface area contributed by atoms with E-state index < -0.39 is 45.7 Å². The Bertz CT molecular complexity index is 4120. The lowest BCUT2D eigenvalue weighted by Crippen LogP contribution is -2.37. The number of aliphatic hydroxyl groups excluding tert-OH is 1. The summed E-state index contributed by atoms with van der Waals surface area (Å²) < 4.78 is 104. The van der Waals surface area contributed by atoms with Crippen LogP contribution in [0.25, 0.3) is 0 Å². The van der Waals surface area contributed by atoms with Gasteiger partial charge in [-0.3, -0.25) is 9.80 Å². The highest BCUT2D eigenvalue weighted by molar-refractivity contribution is 7.91. The number of morpholine rings is 2. The highest BCUT2D eigenvalue weighted by atomic mass is 32.2. The van der Waals surface area contributed by atoms with Gasteiger partial charge < -0.3 is 40.0 Å². The number of H-pyrrole nitrogens is 1. The van der Waals surface area contributed by atoms with E-state index in [0.717, 1.165) is 184 Å². The number of aryl methyl sites for hydroxylation is 6. The topological polar surface area (TPSA) is 305 Å². The molecule has 8 aliphatic rings. The summed E-state index contributed by atoms with van der Waals surface area (Å²) in [6.45, 7) is 22.6. The molecule has 2 aliphatic heterocycles. The molecule has 0 radical (unpaired) electrons. The molecule has 0 atom stereocenters. The molecule has 0 amide bonds. The van der Waals surface area contributed by atoms with E-state index in [2.05, 4.69) is 119 Å². The monoisotopic (exact) mass is 1480 g/mol. The highest BCUT2D eigenvalue weighted by Crippen LogP contribution is 2.43. The number of rotatable bonds is 30. The predicted molar refractivity (Wildman–Crippen MR) is 398 cm³/mol. The molecule has 2 fully saturated rings. The summed E-state index contributed by atoms with van der Waals surface area (Å²) in [6.07, 6.45) is 21.1. The lowest BCUT2D eigenvalue weighted by molar-refractivity contribution is 0.0380. The summed E-state index contributed by atoms with van der Waals surface area (Å²) in [5.41, 5.74) is 19.8. The molecule has 30 heteroatoms. The predicted octanol–water partition coefficient (Wildman–Crippen LogP) is 9.30. The van der Waals surface area contributed by atoms with Gasteiger partial charge in [-0.25, -0.2) is 39.7 Å². The maximum Gasteiger partial charge on any atom is 0.249 e. The minimum absolute atomic E-state index is 0.000738. The van der Waals surface area contributed by atoms with E-state index in [0.29, 0.717) is 57.1 Å². The Balaban J connectivity index is 0.000000144. The van der Waals surface area contributed by atoms with Crippen molar-refractivity contribution in [2.24, 2.45) is 0 Å². The number of benzene rings is 3. The van der Waals surface area contributed by atoms with E-state index in [1.807, 2.05) is 0 Å². The average Bonchev–Trinajstić information content (AvgIpc) is 1.65. The summed E-state index contributed by atoms with van der Waals surface area (Å²) in [5.74, 6) is 0.909. The van der Waals surface area contributed by atoms with Crippen LogP contribution in [0.1, 0.15) is 125 Å². The van der Waals surface area contributed by atoms with Gasteiger partial charge in [0.1, 0.15) is 13.5 Å². The fourth-order valence-electron chi connectivity index (χ4n) is 15.3. The molecular formula is C71H108N14O11S3Si2. The van der Waals surface area contributed by atoms with Gasteiger partial charge in [0.05, 0.1) is 43.7 Å². The minimum Gasteiger partial charge on any atom is -0.396 e. The van der Waals surface area contributed by atoms with Crippen LogP contribution in [-0.2, 0) is 139 Å². The first-order valence-corrected chi connectivity index (χ1v) is 49.5. The molecule has 14 rings (SSSR count). The summed E-state index contributed by atoms with van der Waals surface area (Å²) >= 11 is 0. The molecule has 554 valence electrons. The Kier molecular flexibility index (Phi) is 24.8. The summed E-state index contributed by atoms with van der Waals surface area (Å²) in [6, 6.07) is 9.12. The second-order valence-electron chi connectivity index (χ2n) is 30.8. The molecule has 5 N–H and O–H groups in total. The third kappa shape index (κ3) is 19.3. The van der Waals surface area contributed by atoms with E-state index in [1.54, 1.807) is 0 Å². The zero-order valence-corrected chi connectivity index (χ0v) is 64.9. The van der Waals surface area contributed by atoms with Crippen molar-refractivity contribution < 1.29 is 49.3 Å². The second-order valence-corrected chi connectivity index (χ2v) is 48.1. The number of hydrogen-bond donors (Lipinski definition) is 5. The van der Waals surface area contributed by atoms with Gasteiger partial charge in [0.2, 0.25) is 62.8 Å². The van der Waals surface area contributed by atoms with Crippen LogP contribution in [0.4, 0.5) is 34.9 Å². The fourth-order valence-corrected chi connectivity index (χ4v) is 20.6. The van der Waals surface area contributed by atoms with Crippen LogP contribution >= 0.6 is 0 Å². The van der Waals surface area contributed by atoms with Crippen LogP contribution in [0.2, 0.25) is 51.4 Å². The van der Waals surface area contributed by atoms with Crippen molar-refractivity contribution >= 4 is 80.6 Å². The van der Waals surface area contributed by atoms with Gasteiger partial charge in [0, 0.05) is 79.2 Å². The van der Waals surface area contributed by atoms with Crippen molar-refractivity contribution in [1.82, 2.24) is 54.5 Å². The van der Waals surface area contributed by atoms with Crippen molar-refractivity contribution in [3.63, 3.8) is 0 Å². The molecule has 6 aromatic rings. The van der Waals surface area contributed by atoms with Crippen LogP contribution < -0.4 is 16.0 Å². The van der Waals surface area contributed by atoms with Crippen molar-refractivity contribution in [3.8, 4) is 0 Å². The molecule has 3 aromatic heterocycles. The minimum atomic E-state index is -3.70. The number of anilines is 6. The number of aliphatic hydroxyl groups is 1. The third-order valence-corrected chi connectivity index (χ3v) is 29.1. The van der Waals surface area contributed by atoms with Crippen LogP contribution in [0.5, 0.6) is 0 Å². The largest absolute Gasteiger partial charge is 0.396 e. The SMILES string of the molecule is C[Si](C)(C)CCOCn1nc(Nc2c3c(cc4c2CCC4)CCC3)nc1S(=O)(=O)CCCN1CCOCC1.C[Si](C)(C)CCOCn1nc(Nc2c3c(cc4c2CCC4)CCC3)nc1S(=O)(=O)CCCO.O=S(=O)(CCCN1CCOCC1)c1nc(Nc2c3c(cc4c2CCC4)CCC3)n[nH]1. The fraction of sp³-hybridized carbons (Fsp3) is 0.662. The molecule has 5 heterocycles. The van der Waals surface area contributed by atoms with E-state index in [-0.39, 0.29) is 59.2 Å². The average molecular weight is 1490 g/mol. The molecule has 0 saturated carbocycles. The van der Waals surface area contributed by atoms with Crippen molar-refractivity contribution in [1.29, 1.82) is 0 Å². The molecule has 2 saturated heterocycles. The van der Waals surface area contributed by atoms with Gasteiger partial charge in [-0.1, -0.05) is 57.5 Å². The van der Waals surface area contributed by atoms with E-state index in [1.165, 1.54) is 89.0 Å². The Morgan fingerprint density at radius 1 is 0.465 bits per heavy atom. The van der Waals surface area contributed by atoms with E-state index >= 15 is 0 Å². The molecule has 25 nitrogen and oxygen atoms in total. The Morgan fingerprint density at radius 2 is 0.802 bits per heavy atom. The van der Waals surface area contributed by atoms with Crippen LogP contribution in [0.3, 0.4) is 0 Å². The molecule has 0 unspecified atom stereocenters. The second kappa shape index (κ2) is 33.3. The van der Waals surface area contributed by atoms with Gasteiger partial charge in [0.25, 0.3) is 0 Å². The smallest absolute Gasteiger partial charge is 0.249 e. The summed E-state index contributed by atoms with van der Waals surface area (Å²) in [5, 5.41) is 35.2. The quantitative estimate of drug-likeness (QED) is 0.0207. The Labute approximate surface area is 599 Å². The van der Waals surface area contributed by atoms with Gasteiger partial charge in [-0.2, -0.15) is 15.0 Å². The van der Waals surface area contributed by atoms with Gasteiger partial charge >= 0.3 is 0 Å². The van der Waals surface area contributed by atoms with Crippen LogP contribution in [0, 0.1) is 0 Å². The highest BCUT2D eigenvalue weighted by Gasteiger charge is 2.33. The number of sulfone groups is 3. The molecular weight excluding hydrogens is 1380 g/mol. The maximum atomic E-state index is 13.5. The van der Waals surface area contributed by atoms with Gasteiger partial charge in [0.15, 0.2) is 0 Å². The number of aromatic amines is 1. The number of hydrogen-bond acceptors (Lipinski definition) is 22. The summed E-state index contributed by atoms with van der Waals surface area (Å²) in [7, 11) is -13.3. The Morgan fingerprint density at radius 3 is 1.15 bits per heavy atom. The third-order valence-electron chi connectivity index (χ3n) is 20.7. The molecule has 3 aromatic carbocycles. The molecule has 101 heavy (non-hydrogen) atoms. The van der Waals surface area contributed by atoms with Crippen LogP contribution in [-0.4, -0.2) is 204 Å². The van der Waals surface area contributed by atoms with Crippen LogP contribution in [0.15, 0.2) is 33.7 Å². The number of ether oxygens (including phenoxy) is 4. The number of nitrogens with zero attached hydrogens (tertiary/aromatic N) is 10. The first-order valence-electron chi connectivity index (χ1n) is 37.1. The van der Waals surface area contributed by atoms with Gasteiger partial charge in [-0.05, 0) is 227 Å². The lowest BCUT2D eigenvalue weighted by atomic mass is 9.99. The standard InChI is InChI=1S/C27H43N5O4SSi.C23H36N4O4SSi.C21H29N5O3S/c1-38(2,3)18-16-36-20-32-27(37(33,34)17-6-11-31-12-14-35-15-13-31)29-26(30-32)28-25-23-9-4-7-21(23)19-22-8-5-10-24(22)25;1-33(2,3)14-12-31-16-27-23(32(29,30)13-6-11-28)25-22(26-27)24-21-19-9-4-7-17(19)15-18-8-5-10-20(18)21;27-30(28,13-3-8-26-9-11-29-12-10-26)21-23-20(24-25-21)22-19-17-6-1-4-15(17)14-16-5-2-7-18(16)19/h19H,4-18,20H2,1-3H3,(H,28,30);15,28H,4-14,16H2,1-3H3,(H,24,26);14H,1-13H2,(H2,22,23,24,25). The number of aromatic nitrogens is 9. The Hall–Kier alpha value is -5.52. The first kappa shape index (κ1) is 75.2. The van der Waals surface area contributed by atoms with Crippen molar-refractivity contribution in [3.05, 3.63) is 85.0 Å². The van der Waals surface area contributed by atoms with E-state index in [9.17, 15) is 25.3 Å². The zero-order valence-electron chi connectivity index (χ0n) is 60.5. The maximum absolute atomic E-state index is 13.5. The normalized spacial score (nSPS) is 17.6. The lowest BCUT2D eigenvalue weighted by Gasteiger charge is -2.26. The summed E-state index contributed by atoms with van der Waals surface area (Å²) in [4.78, 5) is 17.8. The van der Waals surface area contributed by atoms with Crippen molar-refractivity contribution in [2.45, 2.75) is 215 Å². The number of fused-ring (bicyclic) bond motifs is 6. The molecule has 6 aliphatic carbocycles. The van der Waals surface area contributed by atoms with Gasteiger partial charge in [-0.15, -0.1) is 15.3 Å². The molecule has 0 bridgehead atoms. The number of nitrogens with one attached hydrogen (secondary N) is 4. The van der Waals surface area contributed by atoms with E-state index in [4.69, 9.17) is 24.1 Å². The van der Waals surface area contributed by atoms with Crippen molar-refractivity contribution in [2.75, 3.05) is 119 Å².